The standard InChI is InChI=1S/C26H18F3N5O3.CH5N/c27-26(28,29)25(36)37-17-8-6-16(7-9-17)22-18(15-4-2-1-3-5-15)14-19-20(31-22)10-12-30-23(19)24-21(11-13-35)32-34-33-24;1-2/h1-10,12,14,35H,11,13H2,(H,32,33,34);2H2,1H3. The number of ether oxygens (including phenoxy) is 1. The predicted octanol–water partition coefficient (Wildman–Crippen LogP) is 4.33. The van der Waals surface area contributed by atoms with Crippen LogP contribution in [0.2, 0.25) is 0 Å². The van der Waals surface area contributed by atoms with Crippen LogP contribution in [0, 0.1) is 0 Å². The molecule has 0 spiro atoms. The lowest BCUT2D eigenvalue weighted by Crippen LogP contribution is -2.27. The zero-order valence-electron chi connectivity index (χ0n) is 20.6. The van der Waals surface area contributed by atoms with E-state index in [1.165, 1.54) is 19.2 Å². The molecule has 0 saturated carbocycles. The zero-order valence-corrected chi connectivity index (χ0v) is 20.6. The second-order valence-corrected chi connectivity index (χ2v) is 8.00. The Morgan fingerprint density at radius 1 is 0.974 bits per heavy atom. The van der Waals surface area contributed by atoms with Crippen molar-refractivity contribution in [3.05, 3.63) is 78.6 Å². The lowest BCUT2D eigenvalue weighted by atomic mass is 9.96. The molecule has 0 unspecified atom stereocenters. The SMILES string of the molecule is CN.O=C(Oc1ccc(-c2nc3ccnc(-c4nn[nH]c4CCO)c3cc2-c2ccccc2)cc1)C(F)(F)F. The molecule has 9 nitrogen and oxygen atoms in total. The number of hydrogen-bond acceptors (Lipinski definition) is 8. The maximum Gasteiger partial charge on any atom is 0.491 e. The number of nitrogens with zero attached hydrogens (tertiary/aromatic N) is 4. The molecular weight excluding hydrogens is 513 g/mol. The Labute approximate surface area is 220 Å². The van der Waals surface area contributed by atoms with Crippen LogP contribution in [0.5, 0.6) is 5.75 Å². The highest BCUT2D eigenvalue weighted by atomic mass is 19.4. The van der Waals surface area contributed by atoms with Crippen molar-refractivity contribution in [2.45, 2.75) is 12.6 Å². The number of carbonyl (C=O) groups excluding carboxylic acids is 1. The quantitative estimate of drug-likeness (QED) is 0.215. The molecular formula is C27H23F3N6O3. The van der Waals surface area contributed by atoms with Crippen LogP contribution < -0.4 is 10.5 Å². The molecule has 0 amide bonds. The normalized spacial score (nSPS) is 11.1. The third kappa shape index (κ3) is 5.92. The summed E-state index contributed by atoms with van der Waals surface area (Å²) in [6.07, 6.45) is -3.18. The van der Waals surface area contributed by atoms with E-state index < -0.39 is 12.1 Å². The van der Waals surface area contributed by atoms with Crippen molar-refractivity contribution in [3.8, 4) is 39.5 Å². The molecule has 0 radical (unpaired) electrons. The van der Waals surface area contributed by atoms with Crippen LogP contribution in [-0.2, 0) is 11.2 Å². The molecule has 0 bridgehead atoms. The number of aromatic nitrogens is 5. The number of H-pyrrole nitrogens is 1. The molecule has 2 aromatic carbocycles. The smallest absolute Gasteiger partial charge is 0.420 e. The van der Waals surface area contributed by atoms with Crippen LogP contribution in [-0.4, -0.2) is 56.3 Å². The number of pyridine rings is 2. The lowest BCUT2D eigenvalue weighted by Gasteiger charge is -2.14. The molecule has 0 aliphatic carbocycles. The first-order chi connectivity index (χ1) is 18.8. The predicted molar refractivity (Wildman–Crippen MR) is 138 cm³/mol. The van der Waals surface area contributed by atoms with Gasteiger partial charge in [0.15, 0.2) is 0 Å². The summed E-state index contributed by atoms with van der Waals surface area (Å²) >= 11 is 0. The van der Waals surface area contributed by atoms with Crippen molar-refractivity contribution in [2.24, 2.45) is 5.73 Å². The van der Waals surface area contributed by atoms with Gasteiger partial charge in [-0.15, -0.1) is 5.10 Å². The van der Waals surface area contributed by atoms with Gasteiger partial charge in [0.05, 0.1) is 16.9 Å². The highest BCUT2D eigenvalue weighted by Crippen LogP contribution is 2.37. The molecule has 0 fully saturated rings. The fourth-order valence-corrected chi connectivity index (χ4v) is 3.91. The van der Waals surface area contributed by atoms with Crippen molar-refractivity contribution in [1.82, 2.24) is 25.4 Å². The van der Waals surface area contributed by atoms with Gasteiger partial charge in [-0.3, -0.25) is 10.1 Å². The Kier molecular flexibility index (Phi) is 8.27. The number of alkyl halides is 3. The van der Waals surface area contributed by atoms with Crippen molar-refractivity contribution >= 4 is 16.9 Å². The minimum absolute atomic E-state index is 0.0897. The molecule has 12 heteroatoms. The van der Waals surface area contributed by atoms with Gasteiger partial charge < -0.3 is 15.6 Å². The average Bonchev–Trinajstić information content (AvgIpc) is 3.42. The first-order valence-corrected chi connectivity index (χ1v) is 11.7. The fraction of sp³-hybridized carbons (Fsp3) is 0.148. The first kappa shape index (κ1) is 27.4. The molecule has 5 aromatic rings. The van der Waals surface area contributed by atoms with E-state index in [1.54, 1.807) is 24.4 Å². The highest BCUT2D eigenvalue weighted by Gasteiger charge is 2.41. The lowest BCUT2D eigenvalue weighted by molar-refractivity contribution is -0.189. The second-order valence-electron chi connectivity index (χ2n) is 8.00. The number of benzene rings is 2. The number of nitrogens with one attached hydrogen (secondary N) is 1. The summed E-state index contributed by atoms with van der Waals surface area (Å²) < 4.78 is 42.1. The highest BCUT2D eigenvalue weighted by molar-refractivity contribution is 5.98. The van der Waals surface area contributed by atoms with Gasteiger partial charge in [-0.05, 0) is 49.0 Å². The Bertz CT molecular complexity index is 1570. The molecule has 4 N–H and O–H groups in total. The third-order valence-corrected chi connectivity index (χ3v) is 5.60. The summed E-state index contributed by atoms with van der Waals surface area (Å²) in [6.45, 7) is -0.0897. The number of carbonyl (C=O) groups is 1. The van der Waals surface area contributed by atoms with Crippen molar-refractivity contribution < 1.29 is 27.8 Å². The van der Waals surface area contributed by atoms with E-state index in [2.05, 4.69) is 30.9 Å². The summed E-state index contributed by atoms with van der Waals surface area (Å²) in [4.78, 5) is 20.5. The number of hydrogen-bond donors (Lipinski definition) is 3. The number of esters is 1. The minimum Gasteiger partial charge on any atom is -0.420 e. The number of halogens is 3. The van der Waals surface area contributed by atoms with Gasteiger partial charge >= 0.3 is 12.1 Å². The number of rotatable bonds is 6. The van der Waals surface area contributed by atoms with Gasteiger partial charge in [0.25, 0.3) is 0 Å². The Morgan fingerprint density at radius 2 is 1.69 bits per heavy atom. The molecule has 3 heterocycles. The van der Waals surface area contributed by atoms with E-state index in [0.717, 1.165) is 11.1 Å². The van der Waals surface area contributed by atoms with Crippen LogP contribution in [0.3, 0.4) is 0 Å². The number of aliphatic hydroxyl groups is 1. The van der Waals surface area contributed by atoms with E-state index in [4.69, 9.17) is 4.98 Å². The molecule has 39 heavy (non-hydrogen) atoms. The zero-order chi connectivity index (χ0) is 28.0. The Balaban J connectivity index is 0.00000172. The van der Waals surface area contributed by atoms with Crippen LogP contribution in [0.25, 0.3) is 44.7 Å². The van der Waals surface area contributed by atoms with Crippen LogP contribution in [0.4, 0.5) is 13.2 Å². The number of aromatic amines is 1. The van der Waals surface area contributed by atoms with Crippen LogP contribution in [0.1, 0.15) is 5.69 Å². The summed E-state index contributed by atoms with van der Waals surface area (Å²) in [7, 11) is 1.50. The molecule has 0 aliphatic heterocycles. The van der Waals surface area contributed by atoms with Gasteiger partial charge in [0.2, 0.25) is 0 Å². The fourth-order valence-electron chi connectivity index (χ4n) is 3.91. The van der Waals surface area contributed by atoms with E-state index in [9.17, 15) is 23.1 Å². The van der Waals surface area contributed by atoms with Crippen molar-refractivity contribution in [2.75, 3.05) is 13.7 Å². The molecule has 3 aromatic heterocycles. The maximum absolute atomic E-state index is 12.6. The monoisotopic (exact) mass is 536 g/mol. The summed E-state index contributed by atoms with van der Waals surface area (Å²) in [5.41, 5.74) is 9.56. The van der Waals surface area contributed by atoms with Crippen molar-refractivity contribution in [1.29, 1.82) is 0 Å². The van der Waals surface area contributed by atoms with E-state index in [0.29, 0.717) is 45.7 Å². The summed E-state index contributed by atoms with van der Waals surface area (Å²) in [5, 5.41) is 20.9. The first-order valence-electron chi connectivity index (χ1n) is 11.7. The van der Waals surface area contributed by atoms with Gasteiger partial charge in [-0.1, -0.05) is 35.5 Å². The summed E-state index contributed by atoms with van der Waals surface area (Å²) in [5.74, 6) is -2.52. The Morgan fingerprint density at radius 3 is 2.36 bits per heavy atom. The van der Waals surface area contributed by atoms with Gasteiger partial charge in [-0.2, -0.15) is 13.2 Å². The molecule has 0 aliphatic rings. The summed E-state index contributed by atoms with van der Waals surface area (Å²) in [6, 6.07) is 18.8. The van der Waals surface area contributed by atoms with E-state index in [1.807, 2.05) is 36.4 Å². The molecule has 200 valence electrons. The second kappa shape index (κ2) is 11.8. The van der Waals surface area contributed by atoms with Crippen LogP contribution in [0.15, 0.2) is 72.9 Å². The number of fused-ring (bicyclic) bond motifs is 1. The van der Waals surface area contributed by atoms with Gasteiger partial charge in [-0.25, -0.2) is 9.78 Å². The number of aliphatic hydroxyl groups excluding tert-OH is 1. The van der Waals surface area contributed by atoms with Crippen LogP contribution >= 0.6 is 0 Å². The van der Waals surface area contributed by atoms with Gasteiger partial charge in [0.1, 0.15) is 17.1 Å². The maximum atomic E-state index is 12.6. The van der Waals surface area contributed by atoms with E-state index in [-0.39, 0.29) is 12.4 Å². The molecule has 5 rings (SSSR count). The largest absolute Gasteiger partial charge is 0.491 e. The third-order valence-electron chi connectivity index (χ3n) is 5.60. The van der Waals surface area contributed by atoms with Crippen molar-refractivity contribution in [3.63, 3.8) is 0 Å². The Hall–Kier alpha value is -4.68. The van der Waals surface area contributed by atoms with Gasteiger partial charge in [0, 0.05) is 35.7 Å². The minimum atomic E-state index is -5.09. The topological polar surface area (TPSA) is 140 Å². The van der Waals surface area contributed by atoms with E-state index >= 15 is 0 Å². The molecule has 0 saturated heterocycles. The average molecular weight is 537 g/mol. The number of nitrogens with two attached hydrogens (primary N) is 1. The molecule has 0 atom stereocenters.